The molecule has 0 aromatic heterocycles. The highest BCUT2D eigenvalue weighted by molar-refractivity contribution is 14.1. The maximum absolute atomic E-state index is 10.6. The third-order valence-electron chi connectivity index (χ3n) is 2.11. The number of hydrogen-bond acceptors (Lipinski definition) is 5. The van der Waals surface area contributed by atoms with Gasteiger partial charge < -0.3 is 15.2 Å². The monoisotopic (exact) mass is 352 g/mol. The number of aliphatic hydroxyl groups is 1. The molecule has 0 aliphatic rings. The summed E-state index contributed by atoms with van der Waals surface area (Å²) in [5.41, 5.74) is 0.791. The van der Waals surface area contributed by atoms with E-state index in [1.807, 2.05) is 22.6 Å². The number of nitro groups is 1. The van der Waals surface area contributed by atoms with E-state index in [1.165, 1.54) is 12.1 Å². The molecule has 0 aliphatic carbocycles. The Bertz CT molecular complexity index is 400. The van der Waals surface area contributed by atoms with Crippen molar-refractivity contribution in [3.05, 3.63) is 31.9 Å². The fourth-order valence-electron chi connectivity index (χ4n) is 1.30. The molecule has 0 radical (unpaired) electrons. The standard InChI is InChI=1S/C10H13IN2O4/c1-17-6-7(5-14)12-10-3-2-8(13(15)16)4-9(10)11/h2-4,7,12,14H,5-6H2,1H3. The molecular formula is C10H13IN2O4. The molecule has 2 N–H and O–H groups in total. The Kier molecular flexibility index (Phi) is 5.59. The molecule has 0 saturated carbocycles. The van der Waals surface area contributed by atoms with Crippen molar-refractivity contribution in [1.82, 2.24) is 0 Å². The lowest BCUT2D eigenvalue weighted by atomic mass is 10.2. The van der Waals surface area contributed by atoms with Gasteiger partial charge in [0.2, 0.25) is 0 Å². The first-order chi connectivity index (χ1) is 8.08. The Balaban J connectivity index is 2.81. The van der Waals surface area contributed by atoms with Crippen LogP contribution in [0.3, 0.4) is 0 Å². The van der Waals surface area contributed by atoms with Gasteiger partial charge >= 0.3 is 0 Å². The maximum Gasteiger partial charge on any atom is 0.270 e. The van der Waals surface area contributed by atoms with Gasteiger partial charge in [0, 0.05) is 28.5 Å². The summed E-state index contributed by atoms with van der Waals surface area (Å²) in [6.07, 6.45) is 0. The van der Waals surface area contributed by atoms with E-state index in [2.05, 4.69) is 5.32 Å². The number of non-ortho nitro benzene ring substituents is 1. The summed E-state index contributed by atoms with van der Waals surface area (Å²) in [6, 6.07) is 4.30. The van der Waals surface area contributed by atoms with E-state index >= 15 is 0 Å². The molecule has 0 spiro atoms. The zero-order valence-electron chi connectivity index (χ0n) is 9.22. The lowest BCUT2D eigenvalue weighted by molar-refractivity contribution is -0.384. The molecule has 0 aliphatic heterocycles. The average Bonchev–Trinajstić information content (AvgIpc) is 2.30. The molecule has 7 heteroatoms. The second-order valence-corrected chi connectivity index (χ2v) is 4.56. The van der Waals surface area contributed by atoms with Gasteiger partial charge in [-0.25, -0.2) is 0 Å². The third kappa shape index (κ3) is 4.10. The largest absolute Gasteiger partial charge is 0.394 e. The van der Waals surface area contributed by atoms with Gasteiger partial charge in [0.15, 0.2) is 0 Å². The van der Waals surface area contributed by atoms with E-state index in [1.54, 1.807) is 13.2 Å². The van der Waals surface area contributed by atoms with E-state index in [0.717, 1.165) is 9.26 Å². The Morgan fingerprint density at radius 3 is 2.82 bits per heavy atom. The number of methoxy groups -OCH3 is 1. The fraction of sp³-hybridized carbons (Fsp3) is 0.400. The van der Waals surface area contributed by atoms with Crippen LogP contribution >= 0.6 is 22.6 Å². The molecule has 1 rings (SSSR count). The molecule has 0 heterocycles. The summed E-state index contributed by atoms with van der Waals surface area (Å²) in [5, 5.41) is 22.7. The van der Waals surface area contributed by atoms with Crippen LogP contribution in [-0.2, 0) is 4.74 Å². The molecule has 1 aromatic carbocycles. The Morgan fingerprint density at radius 1 is 1.65 bits per heavy atom. The molecular weight excluding hydrogens is 339 g/mol. The van der Waals surface area contributed by atoms with Crippen molar-refractivity contribution in [2.24, 2.45) is 0 Å². The fourth-order valence-corrected chi connectivity index (χ4v) is 1.95. The molecule has 1 aromatic rings. The van der Waals surface area contributed by atoms with Crippen LogP contribution in [0, 0.1) is 13.7 Å². The van der Waals surface area contributed by atoms with Gasteiger partial charge in [-0.15, -0.1) is 0 Å². The predicted molar refractivity (Wildman–Crippen MR) is 72.2 cm³/mol. The van der Waals surface area contributed by atoms with Gasteiger partial charge in [0.25, 0.3) is 5.69 Å². The minimum Gasteiger partial charge on any atom is -0.394 e. The van der Waals surface area contributed by atoms with Crippen LogP contribution in [0.5, 0.6) is 0 Å². The zero-order chi connectivity index (χ0) is 12.8. The van der Waals surface area contributed by atoms with Gasteiger partial charge in [-0.05, 0) is 28.7 Å². The van der Waals surface area contributed by atoms with Gasteiger partial charge in [0.1, 0.15) is 0 Å². The SMILES string of the molecule is COCC(CO)Nc1ccc([N+](=O)[O-])cc1I. The number of benzene rings is 1. The lowest BCUT2D eigenvalue weighted by Crippen LogP contribution is -2.29. The number of rotatable bonds is 6. The maximum atomic E-state index is 10.6. The highest BCUT2D eigenvalue weighted by atomic mass is 127. The van der Waals surface area contributed by atoms with Crippen LogP contribution in [-0.4, -0.2) is 36.4 Å². The topological polar surface area (TPSA) is 84.6 Å². The smallest absolute Gasteiger partial charge is 0.270 e. The summed E-state index contributed by atoms with van der Waals surface area (Å²) in [6.45, 7) is 0.296. The van der Waals surface area contributed by atoms with Crippen molar-refractivity contribution in [2.45, 2.75) is 6.04 Å². The van der Waals surface area contributed by atoms with Crippen LogP contribution in [0.4, 0.5) is 11.4 Å². The average molecular weight is 352 g/mol. The van der Waals surface area contributed by atoms with Crippen LogP contribution in [0.15, 0.2) is 18.2 Å². The summed E-state index contributed by atoms with van der Waals surface area (Å²) in [4.78, 5) is 10.1. The summed E-state index contributed by atoms with van der Waals surface area (Å²) >= 11 is 2.01. The van der Waals surface area contributed by atoms with Gasteiger partial charge in [-0.1, -0.05) is 0 Å². The number of hydrogen-bond donors (Lipinski definition) is 2. The summed E-state index contributed by atoms with van der Waals surface area (Å²) < 4.78 is 5.66. The molecule has 6 nitrogen and oxygen atoms in total. The molecule has 0 saturated heterocycles. The van der Waals surface area contributed by atoms with Gasteiger partial charge in [-0.3, -0.25) is 10.1 Å². The molecule has 0 bridgehead atoms. The number of nitrogens with zero attached hydrogens (tertiary/aromatic N) is 1. The normalized spacial score (nSPS) is 12.2. The van der Waals surface area contributed by atoms with E-state index in [4.69, 9.17) is 9.84 Å². The first-order valence-corrected chi connectivity index (χ1v) is 5.96. The molecule has 17 heavy (non-hydrogen) atoms. The number of ether oxygens (including phenoxy) is 1. The van der Waals surface area contributed by atoms with Crippen molar-refractivity contribution < 1.29 is 14.8 Å². The van der Waals surface area contributed by atoms with Crippen molar-refractivity contribution in [3.8, 4) is 0 Å². The van der Waals surface area contributed by atoms with E-state index in [-0.39, 0.29) is 18.3 Å². The Hall–Kier alpha value is -0.930. The summed E-state index contributed by atoms with van der Waals surface area (Å²) in [7, 11) is 1.55. The molecule has 0 fully saturated rings. The van der Waals surface area contributed by atoms with Crippen molar-refractivity contribution in [1.29, 1.82) is 0 Å². The number of aliphatic hydroxyl groups excluding tert-OH is 1. The van der Waals surface area contributed by atoms with Crippen LogP contribution in [0.25, 0.3) is 0 Å². The zero-order valence-corrected chi connectivity index (χ0v) is 11.4. The van der Waals surface area contributed by atoms with E-state index in [9.17, 15) is 10.1 Å². The minimum absolute atomic E-state index is 0.0484. The first kappa shape index (κ1) is 14.1. The van der Waals surface area contributed by atoms with E-state index in [0.29, 0.717) is 6.61 Å². The van der Waals surface area contributed by atoms with Crippen LogP contribution < -0.4 is 5.32 Å². The quantitative estimate of drug-likeness (QED) is 0.462. The minimum atomic E-state index is -0.440. The molecule has 1 unspecified atom stereocenters. The highest BCUT2D eigenvalue weighted by Gasteiger charge is 2.12. The predicted octanol–water partition coefficient (Wildman–Crippen LogP) is 1.62. The van der Waals surface area contributed by atoms with E-state index < -0.39 is 4.92 Å². The van der Waals surface area contributed by atoms with Crippen molar-refractivity contribution in [3.63, 3.8) is 0 Å². The number of nitrogens with one attached hydrogen (secondary N) is 1. The van der Waals surface area contributed by atoms with Crippen LogP contribution in [0.2, 0.25) is 0 Å². The number of nitro benzene ring substituents is 1. The molecule has 0 amide bonds. The van der Waals surface area contributed by atoms with Gasteiger partial charge in [0.05, 0.1) is 24.2 Å². The second kappa shape index (κ2) is 6.72. The number of halogens is 1. The number of anilines is 1. The second-order valence-electron chi connectivity index (χ2n) is 3.40. The van der Waals surface area contributed by atoms with Crippen LogP contribution in [0.1, 0.15) is 0 Å². The highest BCUT2D eigenvalue weighted by Crippen LogP contribution is 2.24. The summed E-state index contributed by atoms with van der Waals surface area (Å²) in [5.74, 6) is 0. The lowest BCUT2D eigenvalue weighted by Gasteiger charge is -2.17. The van der Waals surface area contributed by atoms with Gasteiger partial charge in [-0.2, -0.15) is 0 Å². The Labute approximate surface area is 112 Å². The van der Waals surface area contributed by atoms with Crippen molar-refractivity contribution >= 4 is 34.0 Å². The molecule has 94 valence electrons. The molecule has 1 atom stereocenters. The third-order valence-corrected chi connectivity index (χ3v) is 3.00. The van der Waals surface area contributed by atoms with Crippen molar-refractivity contribution in [2.75, 3.05) is 25.6 Å². The first-order valence-electron chi connectivity index (χ1n) is 4.88. The Morgan fingerprint density at radius 2 is 2.35 bits per heavy atom.